The highest BCUT2D eigenvalue weighted by atomic mass is 16.1. The molecule has 0 amide bonds. The average Bonchev–Trinajstić information content (AvgIpc) is 2.44. The molecular formula is C15H12N2O. The highest BCUT2D eigenvalue weighted by Gasteiger charge is 2.08. The van der Waals surface area contributed by atoms with E-state index in [1.54, 1.807) is 11.6 Å². The van der Waals surface area contributed by atoms with Gasteiger partial charge in [0.2, 0.25) is 0 Å². The molecule has 0 bridgehead atoms. The normalized spacial score (nSPS) is 10.7. The van der Waals surface area contributed by atoms with Crippen molar-refractivity contribution in [1.82, 2.24) is 9.55 Å². The molecule has 0 fully saturated rings. The molecule has 0 aliphatic heterocycles. The van der Waals surface area contributed by atoms with Crippen LogP contribution in [0.3, 0.4) is 0 Å². The number of para-hydroxylation sites is 1. The van der Waals surface area contributed by atoms with Gasteiger partial charge in [-0.1, -0.05) is 48.5 Å². The predicted octanol–water partition coefficient (Wildman–Crippen LogP) is 2.60. The first-order chi connectivity index (χ1) is 8.77. The van der Waals surface area contributed by atoms with Crippen LogP contribution in [0.25, 0.3) is 22.2 Å². The Labute approximate surface area is 104 Å². The van der Waals surface area contributed by atoms with E-state index in [0.29, 0.717) is 0 Å². The van der Waals surface area contributed by atoms with Crippen molar-refractivity contribution in [3.8, 4) is 11.3 Å². The maximum Gasteiger partial charge on any atom is 0.348 e. The summed E-state index contributed by atoms with van der Waals surface area (Å²) >= 11 is 0. The van der Waals surface area contributed by atoms with Gasteiger partial charge in [-0.2, -0.15) is 4.98 Å². The molecule has 88 valence electrons. The largest absolute Gasteiger partial charge is 0.348 e. The summed E-state index contributed by atoms with van der Waals surface area (Å²) in [6, 6.07) is 17.6. The molecule has 0 N–H and O–H groups in total. The van der Waals surface area contributed by atoms with E-state index in [1.165, 1.54) is 0 Å². The molecule has 0 radical (unpaired) electrons. The van der Waals surface area contributed by atoms with E-state index in [9.17, 15) is 4.79 Å². The second kappa shape index (κ2) is 4.11. The SMILES string of the molecule is Cn1c(=O)nc(-c2ccccc2)c2ccccc21. The molecule has 3 heteroatoms. The molecule has 3 aromatic rings. The lowest BCUT2D eigenvalue weighted by Crippen LogP contribution is -2.20. The van der Waals surface area contributed by atoms with Gasteiger partial charge >= 0.3 is 5.69 Å². The van der Waals surface area contributed by atoms with E-state index in [1.807, 2.05) is 54.6 Å². The number of rotatable bonds is 1. The Morgan fingerprint density at radius 1 is 0.944 bits per heavy atom. The smallest absolute Gasteiger partial charge is 0.295 e. The Kier molecular flexibility index (Phi) is 2.45. The second-order valence-corrected chi connectivity index (χ2v) is 4.19. The van der Waals surface area contributed by atoms with E-state index in [2.05, 4.69) is 4.98 Å². The lowest BCUT2D eigenvalue weighted by Gasteiger charge is -2.08. The van der Waals surface area contributed by atoms with Crippen molar-refractivity contribution >= 4 is 10.9 Å². The predicted molar refractivity (Wildman–Crippen MR) is 72.4 cm³/mol. The third-order valence-corrected chi connectivity index (χ3v) is 3.06. The molecule has 1 aromatic heterocycles. The van der Waals surface area contributed by atoms with E-state index in [4.69, 9.17) is 0 Å². The molecule has 18 heavy (non-hydrogen) atoms. The van der Waals surface area contributed by atoms with E-state index < -0.39 is 0 Å². The highest BCUT2D eigenvalue weighted by molar-refractivity contribution is 5.92. The number of aryl methyl sites for hydroxylation is 1. The Morgan fingerprint density at radius 3 is 2.39 bits per heavy atom. The Hall–Kier alpha value is -2.42. The van der Waals surface area contributed by atoms with Gasteiger partial charge in [0.25, 0.3) is 0 Å². The first kappa shape index (κ1) is 10.7. The summed E-state index contributed by atoms with van der Waals surface area (Å²) in [6.45, 7) is 0. The summed E-state index contributed by atoms with van der Waals surface area (Å²) < 4.78 is 1.57. The minimum Gasteiger partial charge on any atom is -0.295 e. The van der Waals surface area contributed by atoms with Gasteiger partial charge < -0.3 is 0 Å². The van der Waals surface area contributed by atoms with Crippen molar-refractivity contribution < 1.29 is 0 Å². The van der Waals surface area contributed by atoms with E-state index in [-0.39, 0.29) is 5.69 Å². The molecule has 0 atom stereocenters. The molecule has 0 unspecified atom stereocenters. The quantitative estimate of drug-likeness (QED) is 0.651. The molecule has 0 saturated carbocycles. The maximum absolute atomic E-state index is 11.9. The van der Waals surface area contributed by atoms with Crippen molar-refractivity contribution in [3.63, 3.8) is 0 Å². The Morgan fingerprint density at radius 2 is 1.61 bits per heavy atom. The number of nitrogens with zero attached hydrogens (tertiary/aromatic N) is 2. The summed E-state index contributed by atoms with van der Waals surface area (Å²) in [5.74, 6) is 0. The molecule has 0 aliphatic carbocycles. The molecule has 0 spiro atoms. The van der Waals surface area contributed by atoms with Crippen molar-refractivity contribution in [2.75, 3.05) is 0 Å². The fourth-order valence-corrected chi connectivity index (χ4v) is 2.12. The van der Waals surface area contributed by atoms with Crippen LogP contribution in [0.4, 0.5) is 0 Å². The van der Waals surface area contributed by atoms with Crippen molar-refractivity contribution in [1.29, 1.82) is 0 Å². The van der Waals surface area contributed by atoms with Crippen molar-refractivity contribution in [2.45, 2.75) is 0 Å². The Bertz CT molecular complexity index is 760. The minimum atomic E-state index is -0.229. The van der Waals surface area contributed by atoms with E-state index in [0.717, 1.165) is 22.2 Å². The van der Waals surface area contributed by atoms with Crippen LogP contribution >= 0.6 is 0 Å². The third kappa shape index (κ3) is 1.61. The fourth-order valence-electron chi connectivity index (χ4n) is 2.12. The van der Waals surface area contributed by atoms with Gasteiger partial charge in [0, 0.05) is 18.0 Å². The van der Waals surface area contributed by atoms with Gasteiger partial charge in [-0.3, -0.25) is 4.57 Å². The highest BCUT2D eigenvalue weighted by Crippen LogP contribution is 2.24. The second-order valence-electron chi connectivity index (χ2n) is 4.19. The first-order valence-corrected chi connectivity index (χ1v) is 5.78. The topological polar surface area (TPSA) is 34.9 Å². The molecule has 0 saturated heterocycles. The third-order valence-electron chi connectivity index (χ3n) is 3.06. The zero-order chi connectivity index (χ0) is 12.5. The molecule has 3 rings (SSSR count). The lowest BCUT2D eigenvalue weighted by molar-refractivity contribution is 0.855. The number of aromatic nitrogens is 2. The molecule has 3 nitrogen and oxygen atoms in total. The number of hydrogen-bond donors (Lipinski definition) is 0. The summed E-state index contributed by atoms with van der Waals surface area (Å²) in [5.41, 5.74) is 2.38. The van der Waals surface area contributed by atoms with Crippen LogP contribution in [-0.2, 0) is 7.05 Å². The molecule has 1 heterocycles. The van der Waals surface area contributed by atoms with Gasteiger partial charge in [0.1, 0.15) is 0 Å². The molecular weight excluding hydrogens is 224 g/mol. The number of fused-ring (bicyclic) bond motifs is 1. The summed E-state index contributed by atoms with van der Waals surface area (Å²) in [4.78, 5) is 16.1. The summed E-state index contributed by atoms with van der Waals surface area (Å²) in [6.07, 6.45) is 0. The van der Waals surface area contributed by atoms with Gasteiger partial charge in [-0.15, -0.1) is 0 Å². The minimum absolute atomic E-state index is 0.229. The lowest BCUT2D eigenvalue weighted by atomic mass is 10.1. The first-order valence-electron chi connectivity index (χ1n) is 5.78. The standard InChI is InChI=1S/C15H12N2O/c1-17-13-10-6-5-9-12(13)14(16-15(17)18)11-7-3-2-4-8-11/h2-10H,1H3. The zero-order valence-electron chi connectivity index (χ0n) is 10.00. The molecule has 0 aliphatic rings. The van der Waals surface area contributed by atoms with E-state index >= 15 is 0 Å². The summed E-state index contributed by atoms with van der Waals surface area (Å²) in [7, 11) is 1.74. The fraction of sp³-hybridized carbons (Fsp3) is 0.0667. The maximum atomic E-state index is 11.9. The van der Waals surface area contributed by atoms with Crippen LogP contribution in [0.15, 0.2) is 59.4 Å². The number of hydrogen-bond acceptors (Lipinski definition) is 2. The zero-order valence-corrected chi connectivity index (χ0v) is 10.00. The number of benzene rings is 2. The monoisotopic (exact) mass is 236 g/mol. The van der Waals surface area contributed by atoms with Gasteiger partial charge in [0.05, 0.1) is 11.2 Å². The van der Waals surface area contributed by atoms with Gasteiger partial charge in [0.15, 0.2) is 0 Å². The van der Waals surface area contributed by atoms with Crippen LogP contribution in [0.5, 0.6) is 0 Å². The summed E-state index contributed by atoms with van der Waals surface area (Å²) in [5, 5.41) is 0.991. The van der Waals surface area contributed by atoms with Crippen LogP contribution in [0.2, 0.25) is 0 Å². The van der Waals surface area contributed by atoms with Crippen LogP contribution < -0.4 is 5.69 Å². The Balaban J connectivity index is 2.44. The molecule has 2 aromatic carbocycles. The van der Waals surface area contributed by atoms with Crippen LogP contribution in [0, 0.1) is 0 Å². The van der Waals surface area contributed by atoms with Crippen molar-refractivity contribution in [2.24, 2.45) is 7.05 Å². The van der Waals surface area contributed by atoms with Gasteiger partial charge in [-0.05, 0) is 6.07 Å². The average molecular weight is 236 g/mol. The van der Waals surface area contributed by atoms with Crippen molar-refractivity contribution in [3.05, 3.63) is 65.1 Å². The van der Waals surface area contributed by atoms with Gasteiger partial charge in [-0.25, -0.2) is 4.79 Å². The van der Waals surface area contributed by atoms with Crippen LogP contribution in [-0.4, -0.2) is 9.55 Å². The van der Waals surface area contributed by atoms with Crippen LogP contribution in [0.1, 0.15) is 0 Å².